The fraction of sp³-hybridized carbons (Fsp3) is 0.467. The van der Waals surface area contributed by atoms with Crippen molar-refractivity contribution in [2.24, 2.45) is 0 Å². The van der Waals surface area contributed by atoms with Crippen molar-refractivity contribution >= 4 is 17.9 Å². The second kappa shape index (κ2) is 7.19. The Labute approximate surface area is 133 Å². The molecular weight excluding hydrogens is 304 g/mol. The number of carbonyl (C=O) groups is 2. The number of carbonyl (C=O) groups excluding carboxylic acids is 2. The Morgan fingerprint density at radius 1 is 1.43 bits per heavy atom. The van der Waals surface area contributed by atoms with Gasteiger partial charge in [0.2, 0.25) is 0 Å². The Morgan fingerprint density at radius 3 is 2.65 bits per heavy atom. The maximum absolute atomic E-state index is 12.2. The van der Waals surface area contributed by atoms with Crippen molar-refractivity contribution in [1.82, 2.24) is 4.90 Å². The van der Waals surface area contributed by atoms with Gasteiger partial charge >= 0.3 is 5.69 Å². The first-order chi connectivity index (χ1) is 10.9. The third kappa shape index (κ3) is 4.26. The molecule has 2 atom stereocenters. The first-order valence-electron chi connectivity index (χ1n) is 7.20. The van der Waals surface area contributed by atoms with Crippen molar-refractivity contribution < 1.29 is 24.0 Å². The van der Waals surface area contributed by atoms with Gasteiger partial charge in [-0.15, -0.1) is 0 Å². The van der Waals surface area contributed by atoms with Crippen LogP contribution in [-0.4, -0.2) is 53.9 Å². The molecule has 0 saturated carbocycles. The van der Waals surface area contributed by atoms with E-state index >= 15 is 0 Å². The second-order valence-corrected chi connectivity index (χ2v) is 5.45. The van der Waals surface area contributed by atoms with Gasteiger partial charge in [-0.25, -0.2) is 0 Å². The molecule has 1 aromatic carbocycles. The summed E-state index contributed by atoms with van der Waals surface area (Å²) in [6.07, 6.45) is 0.381. The zero-order valence-corrected chi connectivity index (χ0v) is 12.9. The van der Waals surface area contributed by atoms with Gasteiger partial charge in [-0.1, -0.05) is 0 Å². The zero-order chi connectivity index (χ0) is 17.0. The van der Waals surface area contributed by atoms with Gasteiger partial charge in [-0.05, 0) is 26.0 Å². The maximum atomic E-state index is 12.2. The molecule has 1 fully saturated rings. The van der Waals surface area contributed by atoms with Crippen molar-refractivity contribution in [3.8, 4) is 5.75 Å². The molecule has 1 aromatic rings. The summed E-state index contributed by atoms with van der Waals surface area (Å²) in [6.45, 7) is 4.36. The van der Waals surface area contributed by atoms with E-state index in [0.717, 1.165) is 6.07 Å². The quantitative estimate of drug-likeness (QED) is 0.462. The number of hydrogen-bond acceptors (Lipinski definition) is 6. The molecular formula is C15H18N2O6. The summed E-state index contributed by atoms with van der Waals surface area (Å²) in [6, 6.07) is 3.84. The third-order valence-electron chi connectivity index (χ3n) is 3.44. The number of nitro benzene ring substituents is 1. The highest BCUT2D eigenvalue weighted by Gasteiger charge is 2.26. The zero-order valence-electron chi connectivity index (χ0n) is 12.9. The highest BCUT2D eigenvalue weighted by atomic mass is 16.6. The van der Waals surface area contributed by atoms with E-state index in [1.165, 1.54) is 12.1 Å². The van der Waals surface area contributed by atoms with E-state index in [9.17, 15) is 19.7 Å². The molecule has 0 aliphatic carbocycles. The molecule has 2 rings (SSSR count). The van der Waals surface area contributed by atoms with E-state index in [1.54, 1.807) is 4.90 Å². The smallest absolute Gasteiger partial charge is 0.311 e. The van der Waals surface area contributed by atoms with Crippen LogP contribution in [0.2, 0.25) is 0 Å². The number of rotatable bonds is 5. The van der Waals surface area contributed by atoms with Crippen molar-refractivity contribution in [3.63, 3.8) is 0 Å². The van der Waals surface area contributed by atoms with Crippen LogP contribution in [0.25, 0.3) is 0 Å². The van der Waals surface area contributed by atoms with Crippen molar-refractivity contribution in [3.05, 3.63) is 33.9 Å². The first-order valence-corrected chi connectivity index (χ1v) is 7.20. The number of hydrogen-bond donors (Lipinski definition) is 0. The summed E-state index contributed by atoms with van der Waals surface area (Å²) in [4.78, 5) is 34.9. The Balaban J connectivity index is 2.04. The van der Waals surface area contributed by atoms with Gasteiger partial charge in [-0.2, -0.15) is 0 Å². The maximum Gasteiger partial charge on any atom is 0.311 e. The summed E-state index contributed by atoms with van der Waals surface area (Å²) >= 11 is 0. The van der Waals surface area contributed by atoms with Crippen LogP contribution in [0.1, 0.15) is 24.2 Å². The van der Waals surface area contributed by atoms with Crippen LogP contribution in [0.15, 0.2) is 18.2 Å². The number of nitrogens with zero attached hydrogens (tertiary/aromatic N) is 2. The van der Waals surface area contributed by atoms with Crippen LogP contribution >= 0.6 is 0 Å². The fourth-order valence-corrected chi connectivity index (χ4v) is 2.48. The second-order valence-electron chi connectivity index (χ2n) is 5.45. The van der Waals surface area contributed by atoms with Gasteiger partial charge in [-0.3, -0.25) is 19.7 Å². The molecule has 8 heteroatoms. The molecule has 1 heterocycles. The average molecular weight is 322 g/mol. The Kier molecular flexibility index (Phi) is 5.28. The SMILES string of the molecule is C[C@@H]1CN(C(=O)COc2ccc(C=O)cc2[N+](=O)[O-])C[C@@H](C)O1. The van der Waals surface area contributed by atoms with Crippen molar-refractivity contribution in [2.75, 3.05) is 19.7 Å². The van der Waals surface area contributed by atoms with Gasteiger partial charge in [0.05, 0.1) is 17.1 Å². The molecule has 0 N–H and O–H groups in total. The molecule has 0 spiro atoms. The lowest BCUT2D eigenvalue weighted by molar-refractivity contribution is -0.385. The van der Waals surface area contributed by atoms with Crippen LogP contribution < -0.4 is 4.74 Å². The number of nitro groups is 1. The van der Waals surface area contributed by atoms with Crippen LogP contribution in [0.5, 0.6) is 5.75 Å². The predicted octanol–water partition coefficient (Wildman–Crippen LogP) is 1.42. The topological polar surface area (TPSA) is 99.0 Å². The summed E-state index contributed by atoms with van der Waals surface area (Å²) in [5.41, 5.74) is -0.169. The highest BCUT2D eigenvalue weighted by molar-refractivity contribution is 5.79. The third-order valence-corrected chi connectivity index (χ3v) is 3.44. The molecule has 0 unspecified atom stereocenters. The molecule has 1 saturated heterocycles. The van der Waals surface area contributed by atoms with E-state index < -0.39 is 4.92 Å². The lowest BCUT2D eigenvalue weighted by Gasteiger charge is -2.35. The normalized spacial score (nSPS) is 20.9. The van der Waals surface area contributed by atoms with Crippen LogP contribution in [0.4, 0.5) is 5.69 Å². The van der Waals surface area contributed by atoms with Crippen LogP contribution in [0, 0.1) is 10.1 Å². The minimum atomic E-state index is -0.647. The largest absolute Gasteiger partial charge is 0.477 e. The summed E-state index contributed by atoms with van der Waals surface area (Å²) in [5, 5.41) is 11.0. The van der Waals surface area contributed by atoms with Crippen LogP contribution in [-0.2, 0) is 9.53 Å². The van der Waals surface area contributed by atoms with Gasteiger partial charge in [0, 0.05) is 24.7 Å². The summed E-state index contributed by atoms with van der Waals surface area (Å²) in [7, 11) is 0. The van der Waals surface area contributed by atoms with E-state index in [2.05, 4.69) is 0 Å². The monoisotopic (exact) mass is 322 g/mol. The number of amides is 1. The molecule has 1 aliphatic rings. The number of morpholine rings is 1. The van der Waals surface area contributed by atoms with E-state index in [1.807, 2.05) is 13.8 Å². The minimum Gasteiger partial charge on any atom is -0.477 e. The van der Waals surface area contributed by atoms with Gasteiger partial charge in [0.25, 0.3) is 5.91 Å². The van der Waals surface area contributed by atoms with E-state index in [0.29, 0.717) is 19.4 Å². The summed E-state index contributed by atoms with van der Waals surface area (Å²) < 4.78 is 10.8. The van der Waals surface area contributed by atoms with Crippen molar-refractivity contribution in [2.45, 2.75) is 26.1 Å². The molecule has 1 amide bonds. The van der Waals surface area contributed by atoms with E-state index in [4.69, 9.17) is 9.47 Å². The van der Waals surface area contributed by atoms with E-state index in [-0.39, 0.29) is 41.7 Å². The standard InChI is InChI=1S/C15H18N2O6/c1-10-6-16(7-11(2)23-10)15(19)9-22-14-4-3-12(8-18)5-13(14)17(20)21/h3-5,8,10-11H,6-7,9H2,1-2H3/t10-,11-/m1/s1. The molecule has 0 aromatic heterocycles. The number of ether oxygens (including phenoxy) is 2. The predicted molar refractivity (Wildman–Crippen MR) is 80.6 cm³/mol. The molecule has 0 radical (unpaired) electrons. The molecule has 124 valence electrons. The highest BCUT2D eigenvalue weighted by Crippen LogP contribution is 2.27. The van der Waals surface area contributed by atoms with Gasteiger partial charge in [0.1, 0.15) is 6.29 Å². The van der Waals surface area contributed by atoms with Gasteiger partial charge in [0.15, 0.2) is 12.4 Å². The molecule has 23 heavy (non-hydrogen) atoms. The molecule has 8 nitrogen and oxygen atoms in total. The number of benzene rings is 1. The summed E-state index contributed by atoms with van der Waals surface area (Å²) in [5.74, 6) is -0.302. The Morgan fingerprint density at radius 2 is 2.09 bits per heavy atom. The van der Waals surface area contributed by atoms with Crippen molar-refractivity contribution in [1.29, 1.82) is 0 Å². The Bertz CT molecular complexity index is 608. The number of aldehydes is 1. The lowest BCUT2D eigenvalue weighted by Crippen LogP contribution is -2.49. The molecule has 0 bridgehead atoms. The lowest BCUT2D eigenvalue weighted by atomic mass is 10.2. The minimum absolute atomic E-state index is 0.0386. The first kappa shape index (κ1) is 16.9. The van der Waals surface area contributed by atoms with Gasteiger partial charge < -0.3 is 14.4 Å². The fourth-order valence-electron chi connectivity index (χ4n) is 2.48. The average Bonchev–Trinajstić information content (AvgIpc) is 2.51. The molecule has 1 aliphatic heterocycles. The Hall–Kier alpha value is -2.48. The van der Waals surface area contributed by atoms with Crippen LogP contribution in [0.3, 0.4) is 0 Å².